The van der Waals surface area contributed by atoms with Crippen molar-refractivity contribution in [2.75, 3.05) is 46.4 Å². The molecule has 0 unspecified atom stereocenters. The number of nitrogens with one attached hydrogen (secondary N) is 1. The molecule has 184 valence electrons. The monoisotopic (exact) mass is 471 g/mol. The molecule has 8 nitrogen and oxygen atoms in total. The van der Waals surface area contributed by atoms with Crippen molar-refractivity contribution in [1.29, 1.82) is 0 Å². The van der Waals surface area contributed by atoms with Crippen molar-refractivity contribution in [3.63, 3.8) is 0 Å². The van der Waals surface area contributed by atoms with E-state index in [0.29, 0.717) is 62.4 Å². The molecule has 0 saturated carbocycles. The van der Waals surface area contributed by atoms with Crippen LogP contribution in [0.5, 0.6) is 28.7 Å². The van der Waals surface area contributed by atoms with Gasteiger partial charge in [-0.15, -0.1) is 0 Å². The highest BCUT2D eigenvalue weighted by atomic mass is 16.7. The molecule has 2 aliphatic rings. The van der Waals surface area contributed by atoms with Crippen LogP contribution in [0, 0.1) is 0 Å². The fourth-order valence-electron chi connectivity index (χ4n) is 4.43. The first-order chi connectivity index (χ1) is 16.6. The third-order valence-electron chi connectivity index (χ3n) is 6.19. The van der Waals surface area contributed by atoms with Crippen molar-refractivity contribution in [2.45, 2.75) is 39.0 Å². The number of benzene rings is 2. The van der Waals surface area contributed by atoms with Gasteiger partial charge in [-0.1, -0.05) is 6.07 Å². The van der Waals surface area contributed by atoms with Crippen LogP contribution in [0.3, 0.4) is 0 Å². The number of ether oxygens (including phenoxy) is 6. The first-order valence-corrected chi connectivity index (χ1v) is 11.9. The van der Waals surface area contributed by atoms with Gasteiger partial charge in [0.1, 0.15) is 0 Å². The van der Waals surface area contributed by atoms with E-state index in [1.165, 1.54) is 0 Å². The van der Waals surface area contributed by atoms with Crippen molar-refractivity contribution in [2.24, 2.45) is 0 Å². The van der Waals surface area contributed by atoms with E-state index in [4.69, 9.17) is 28.4 Å². The van der Waals surface area contributed by atoms with Crippen LogP contribution in [0.25, 0.3) is 0 Å². The fourth-order valence-corrected chi connectivity index (χ4v) is 4.43. The van der Waals surface area contributed by atoms with Crippen LogP contribution in [-0.2, 0) is 10.2 Å². The van der Waals surface area contributed by atoms with Crippen LogP contribution in [0.4, 0.5) is 0 Å². The summed E-state index contributed by atoms with van der Waals surface area (Å²) < 4.78 is 34.0. The summed E-state index contributed by atoms with van der Waals surface area (Å²) in [5.41, 5.74) is 1.31. The van der Waals surface area contributed by atoms with Gasteiger partial charge in [-0.05, 0) is 63.4 Å². The Bertz CT molecular complexity index is 974. The first-order valence-electron chi connectivity index (χ1n) is 11.9. The minimum Gasteiger partial charge on any atom is -0.490 e. The molecule has 0 bridgehead atoms. The molecule has 4 rings (SSSR count). The molecule has 0 spiro atoms. The molecule has 0 aliphatic carbocycles. The SMILES string of the molecule is CCOc1cc(C(=O)NCC2(c3ccc4c(c3)OCO4)CCOCC2)cc(OCC)c1OCC. The average molecular weight is 472 g/mol. The second-order valence-electron chi connectivity index (χ2n) is 8.24. The number of carbonyl (C=O) groups excluding carboxylic acids is 1. The highest BCUT2D eigenvalue weighted by Crippen LogP contribution is 2.41. The number of rotatable bonds is 10. The van der Waals surface area contributed by atoms with Gasteiger partial charge in [-0.25, -0.2) is 0 Å². The first kappa shape index (κ1) is 24.0. The minimum absolute atomic E-state index is 0.198. The van der Waals surface area contributed by atoms with Gasteiger partial charge in [0, 0.05) is 30.7 Å². The Morgan fingerprint density at radius 2 is 1.56 bits per heavy atom. The van der Waals surface area contributed by atoms with Crippen LogP contribution < -0.4 is 29.0 Å². The van der Waals surface area contributed by atoms with E-state index in [-0.39, 0.29) is 18.1 Å². The summed E-state index contributed by atoms with van der Waals surface area (Å²) in [6.45, 7) is 9.01. The molecule has 0 atom stereocenters. The smallest absolute Gasteiger partial charge is 0.251 e. The largest absolute Gasteiger partial charge is 0.490 e. The highest BCUT2D eigenvalue weighted by molar-refractivity contribution is 5.95. The molecule has 1 amide bonds. The molecule has 2 aromatic rings. The molecule has 1 fully saturated rings. The maximum atomic E-state index is 13.3. The molecule has 1 N–H and O–H groups in total. The molecule has 2 aliphatic heterocycles. The Balaban J connectivity index is 1.58. The predicted molar refractivity (Wildman–Crippen MR) is 127 cm³/mol. The summed E-state index contributed by atoms with van der Waals surface area (Å²) in [7, 11) is 0. The Morgan fingerprint density at radius 3 is 2.21 bits per heavy atom. The van der Waals surface area contributed by atoms with Crippen LogP contribution >= 0.6 is 0 Å². The Kier molecular flexibility index (Phi) is 7.67. The average Bonchev–Trinajstić information content (AvgIpc) is 3.33. The summed E-state index contributed by atoms with van der Waals surface area (Å²) in [5, 5.41) is 3.15. The molecule has 2 heterocycles. The van der Waals surface area contributed by atoms with Crippen LogP contribution in [0.15, 0.2) is 30.3 Å². The number of fused-ring (bicyclic) bond motifs is 1. The third kappa shape index (κ3) is 5.01. The summed E-state index contributed by atoms with van der Waals surface area (Å²) >= 11 is 0. The van der Waals surface area contributed by atoms with Crippen LogP contribution in [0.1, 0.15) is 49.5 Å². The standard InChI is InChI=1S/C26H33NO7/c1-4-30-22-13-18(14-23(31-5-2)24(22)32-6-3)25(28)27-16-26(9-11-29-12-10-26)19-7-8-20-21(15-19)34-17-33-20/h7-8,13-15H,4-6,9-12,16-17H2,1-3H3,(H,27,28). The van der Waals surface area contributed by atoms with Crippen LogP contribution in [-0.4, -0.2) is 52.3 Å². The van der Waals surface area contributed by atoms with Gasteiger partial charge in [-0.3, -0.25) is 4.79 Å². The number of carbonyl (C=O) groups is 1. The minimum atomic E-state index is -0.258. The van der Waals surface area contributed by atoms with E-state index in [9.17, 15) is 4.79 Å². The van der Waals surface area contributed by atoms with Crippen molar-refractivity contribution in [3.05, 3.63) is 41.5 Å². The van der Waals surface area contributed by atoms with E-state index in [2.05, 4.69) is 11.4 Å². The molecule has 0 radical (unpaired) electrons. The van der Waals surface area contributed by atoms with Gasteiger partial charge in [0.2, 0.25) is 12.5 Å². The van der Waals surface area contributed by atoms with E-state index >= 15 is 0 Å². The van der Waals surface area contributed by atoms with Crippen molar-refractivity contribution >= 4 is 5.91 Å². The quantitative estimate of drug-likeness (QED) is 0.559. The number of hydrogen-bond donors (Lipinski definition) is 1. The van der Waals surface area contributed by atoms with Crippen molar-refractivity contribution in [3.8, 4) is 28.7 Å². The maximum Gasteiger partial charge on any atom is 0.251 e. The third-order valence-corrected chi connectivity index (χ3v) is 6.19. The van der Waals surface area contributed by atoms with Gasteiger partial charge in [0.05, 0.1) is 19.8 Å². The zero-order valence-electron chi connectivity index (χ0n) is 20.1. The van der Waals surface area contributed by atoms with Crippen LogP contribution in [0.2, 0.25) is 0 Å². The van der Waals surface area contributed by atoms with Gasteiger partial charge in [0.15, 0.2) is 23.0 Å². The molecule has 2 aromatic carbocycles. The molecular weight excluding hydrogens is 438 g/mol. The lowest BCUT2D eigenvalue weighted by Gasteiger charge is -2.38. The Morgan fingerprint density at radius 1 is 0.912 bits per heavy atom. The van der Waals surface area contributed by atoms with Gasteiger partial charge in [-0.2, -0.15) is 0 Å². The molecule has 8 heteroatoms. The number of hydrogen-bond acceptors (Lipinski definition) is 7. The number of amides is 1. The van der Waals surface area contributed by atoms with E-state index < -0.39 is 0 Å². The van der Waals surface area contributed by atoms with Gasteiger partial charge >= 0.3 is 0 Å². The highest BCUT2D eigenvalue weighted by Gasteiger charge is 2.36. The lowest BCUT2D eigenvalue weighted by molar-refractivity contribution is 0.0486. The van der Waals surface area contributed by atoms with E-state index in [1.807, 2.05) is 32.9 Å². The predicted octanol–water partition coefficient (Wildman–Crippen LogP) is 4.09. The summed E-state index contributed by atoms with van der Waals surface area (Å²) in [6, 6.07) is 9.44. The molecule has 34 heavy (non-hydrogen) atoms. The lowest BCUT2D eigenvalue weighted by Crippen LogP contribution is -2.44. The Labute approximate surface area is 200 Å². The molecule has 1 saturated heterocycles. The molecule has 0 aromatic heterocycles. The maximum absolute atomic E-state index is 13.3. The van der Waals surface area contributed by atoms with Gasteiger partial charge in [0.25, 0.3) is 5.91 Å². The lowest BCUT2D eigenvalue weighted by atomic mass is 9.74. The topological polar surface area (TPSA) is 84.5 Å². The zero-order valence-corrected chi connectivity index (χ0v) is 20.1. The molecular formula is C26H33NO7. The normalized spacial score (nSPS) is 16.1. The second-order valence-corrected chi connectivity index (χ2v) is 8.24. The second kappa shape index (κ2) is 10.9. The fraction of sp³-hybridized carbons (Fsp3) is 0.500. The van der Waals surface area contributed by atoms with Crippen molar-refractivity contribution in [1.82, 2.24) is 5.32 Å². The van der Waals surface area contributed by atoms with E-state index in [0.717, 1.165) is 29.9 Å². The Hall–Kier alpha value is -3.13. The summed E-state index contributed by atoms with van der Waals surface area (Å²) in [5.74, 6) is 2.80. The van der Waals surface area contributed by atoms with Gasteiger partial charge < -0.3 is 33.7 Å². The summed E-state index contributed by atoms with van der Waals surface area (Å²) in [4.78, 5) is 13.3. The van der Waals surface area contributed by atoms with Crippen molar-refractivity contribution < 1.29 is 33.2 Å². The zero-order chi connectivity index (χ0) is 24.0. The van der Waals surface area contributed by atoms with E-state index in [1.54, 1.807) is 12.1 Å². The summed E-state index contributed by atoms with van der Waals surface area (Å²) in [6.07, 6.45) is 1.59.